The molecule has 0 bridgehead atoms. The topological polar surface area (TPSA) is 35.5 Å². The quantitative estimate of drug-likeness (QED) is 0.680. The predicted molar refractivity (Wildman–Crippen MR) is 50.3 cm³/mol. The number of hydrogen-bond acceptors (Lipinski definition) is 3. The molecule has 14 heavy (non-hydrogen) atoms. The van der Waals surface area contributed by atoms with E-state index >= 15 is 0 Å². The van der Waals surface area contributed by atoms with Crippen molar-refractivity contribution < 1.29 is 14.3 Å². The summed E-state index contributed by atoms with van der Waals surface area (Å²) in [4.78, 5) is 11.0. The highest BCUT2D eigenvalue weighted by atomic mass is 16.6. The molecule has 0 saturated heterocycles. The lowest BCUT2D eigenvalue weighted by Crippen LogP contribution is -2.03. The van der Waals surface area contributed by atoms with E-state index in [-0.39, 0.29) is 5.97 Å². The zero-order valence-electron chi connectivity index (χ0n) is 7.60. The van der Waals surface area contributed by atoms with Gasteiger partial charge in [-0.2, -0.15) is 0 Å². The Balaban J connectivity index is 1.92. The number of cyclic esters (lactones) is 1. The largest absolute Gasteiger partial charge is 0.482 e. The van der Waals surface area contributed by atoms with Crippen molar-refractivity contribution in [1.29, 1.82) is 0 Å². The van der Waals surface area contributed by atoms with Crippen LogP contribution in [0.5, 0.6) is 0 Å². The molecule has 72 valence electrons. The van der Waals surface area contributed by atoms with Gasteiger partial charge in [-0.15, -0.1) is 0 Å². The fourth-order valence-electron chi connectivity index (χ4n) is 1.20. The molecule has 1 aliphatic rings. The Bertz CT molecular complexity index is 354. The van der Waals surface area contributed by atoms with Crippen molar-refractivity contribution in [2.24, 2.45) is 0 Å². The average Bonchev–Trinajstić information content (AvgIpc) is 2.63. The van der Waals surface area contributed by atoms with Gasteiger partial charge in [0.05, 0.1) is 0 Å². The second-order valence-electron chi connectivity index (χ2n) is 2.94. The molecule has 0 aliphatic carbocycles. The second-order valence-corrected chi connectivity index (χ2v) is 2.94. The minimum absolute atomic E-state index is 0.314. The third kappa shape index (κ3) is 1.93. The van der Waals surface area contributed by atoms with Crippen LogP contribution < -0.4 is 0 Å². The first kappa shape index (κ1) is 8.81. The maximum absolute atomic E-state index is 11.0. The number of benzene rings is 1. The Labute approximate surface area is 81.9 Å². The van der Waals surface area contributed by atoms with Gasteiger partial charge >= 0.3 is 5.97 Å². The van der Waals surface area contributed by atoms with Crippen molar-refractivity contribution in [3.05, 3.63) is 47.7 Å². The zero-order valence-corrected chi connectivity index (χ0v) is 7.60. The molecule has 0 radical (unpaired) electrons. The molecule has 1 aromatic carbocycles. The zero-order chi connectivity index (χ0) is 9.80. The molecule has 0 saturated carbocycles. The molecule has 0 aromatic heterocycles. The molecule has 3 nitrogen and oxygen atoms in total. The van der Waals surface area contributed by atoms with Crippen LogP contribution in [0, 0.1) is 0 Å². The number of ether oxygens (including phenoxy) is 2. The molecule has 3 heteroatoms. The average molecular weight is 190 g/mol. The van der Waals surface area contributed by atoms with Crippen molar-refractivity contribution in [3.8, 4) is 0 Å². The van der Waals surface area contributed by atoms with Crippen LogP contribution in [0.2, 0.25) is 0 Å². The van der Waals surface area contributed by atoms with Gasteiger partial charge in [-0.1, -0.05) is 30.3 Å². The van der Waals surface area contributed by atoms with Crippen molar-refractivity contribution in [2.75, 3.05) is 6.61 Å². The van der Waals surface area contributed by atoms with Gasteiger partial charge in [-0.3, -0.25) is 0 Å². The van der Waals surface area contributed by atoms with Gasteiger partial charge in [0.25, 0.3) is 0 Å². The number of esters is 1. The summed E-state index contributed by atoms with van der Waals surface area (Å²) >= 11 is 0. The minimum atomic E-state index is -0.374. The van der Waals surface area contributed by atoms with Gasteiger partial charge in [0.2, 0.25) is 5.76 Å². The van der Waals surface area contributed by atoms with Gasteiger partial charge in [0.15, 0.2) is 0 Å². The standard InChI is InChI=1S/C11H10O3/c12-11-10(6-7-13-11)14-8-9-4-2-1-3-5-9/h1-6H,7-8H2. The normalized spacial score (nSPS) is 14.9. The van der Waals surface area contributed by atoms with E-state index in [1.807, 2.05) is 30.3 Å². The third-order valence-corrected chi connectivity index (χ3v) is 1.92. The van der Waals surface area contributed by atoms with Crippen LogP contribution in [0.3, 0.4) is 0 Å². The summed E-state index contributed by atoms with van der Waals surface area (Å²) in [6.45, 7) is 0.727. The van der Waals surface area contributed by atoms with Gasteiger partial charge in [0.1, 0.15) is 13.2 Å². The minimum Gasteiger partial charge on any atom is -0.482 e. The highest BCUT2D eigenvalue weighted by Gasteiger charge is 2.17. The van der Waals surface area contributed by atoms with E-state index in [0.29, 0.717) is 19.0 Å². The fraction of sp³-hybridized carbons (Fsp3) is 0.182. The molecular formula is C11H10O3. The Morgan fingerprint density at radius 3 is 2.71 bits per heavy atom. The maximum Gasteiger partial charge on any atom is 0.373 e. The summed E-state index contributed by atoms with van der Waals surface area (Å²) in [5.41, 5.74) is 1.04. The predicted octanol–water partition coefficient (Wildman–Crippen LogP) is 1.64. The van der Waals surface area contributed by atoms with Crippen LogP contribution in [0.15, 0.2) is 42.2 Å². The van der Waals surface area contributed by atoms with Crippen LogP contribution in [0.1, 0.15) is 5.56 Å². The highest BCUT2D eigenvalue weighted by Crippen LogP contribution is 2.11. The summed E-state index contributed by atoms with van der Waals surface area (Å²) in [5.74, 6) is -0.0604. The van der Waals surface area contributed by atoms with E-state index in [0.717, 1.165) is 5.56 Å². The summed E-state index contributed by atoms with van der Waals surface area (Å²) in [7, 11) is 0. The lowest BCUT2D eigenvalue weighted by atomic mass is 10.2. The third-order valence-electron chi connectivity index (χ3n) is 1.92. The number of carbonyl (C=O) groups is 1. The monoisotopic (exact) mass is 190 g/mol. The van der Waals surface area contributed by atoms with E-state index in [1.54, 1.807) is 6.08 Å². The van der Waals surface area contributed by atoms with E-state index in [2.05, 4.69) is 0 Å². The SMILES string of the molecule is O=C1OCC=C1OCc1ccccc1. The van der Waals surface area contributed by atoms with Crippen LogP contribution in [-0.4, -0.2) is 12.6 Å². The molecule has 0 fully saturated rings. The highest BCUT2D eigenvalue weighted by molar-refractivity contribution is 5.88. The van der Waals surface area contributed by atoms with Gasteiger partial charge in [0, 0.05) is 6.08 Å². The number of carbonyl (C=O) groups excluding carboxylic acids is 1. The van der Waals surface area contributed by atoms with Gasteiger partial charge < -0.3 is 9.47 Å². The van der Waals surface area contributed by atoms with E-state index < -0.39 is 0 Å². The molecule has 0 spiro atoms. The second kappa shape index (κ2) is 3.96. The number of rotatable bonds is 3. The Morgan fingerprint density at radius 1 is 1.29 bits per heavy atom. The van der Waals surface area contributed by atoms with Crippen molar-refractivity contribution in [3.63, 3.8) is 0 Å². The molecule has 1 aromatic rings. The summed E-state index contributed by atoms with van der Waals surface area (Å²) in [5, 5.41) is 0. The Hall–Kier alpha value is -1.77. The lowest BCUT2D eigenvalue weighted by molar-refractivity contribution is -0.139. The summed E-state index contributed by atoms with van der Waals surface area (Å²) in [6, 6.07) is 9.69. The van der Waals surface area contributed by atoms with Crippen LogP contribution in [0.4, 0.5) is 0 Å². The molecule has 0 unspecified atom stereocenters. The van der Waals surface area contributed by atoms with Gasteiger partial charge in [-0.05, 0) is 5.56 Å². The van der Waals surface area contributed by atoms with E-state index in [1.165, 1.54) is 0 Å². The molecule has 0 amide bonds. The molecule has 2 rings (SSSR count). The van der Waals surface area contributed by atoms with E-state index in [9.17, 15) is 4.79 Å². The summed E-state index contributed by atoms with van der Waals surface area (Å²) < 4.78 is 9.99. The molecule has 1 aliphatic heterocycles. The van der Waals surface area contributed by atoms with Crippen molar-refractivity contribution >= 4 is 5.97 Å². The van der Waals surface area contributed by atoms with Crippen LogP contribution in [0.25, 0.3) is 0 Å². The first-order valence-electron chi connectivity index (χ1n) is 4.40. The fourth-order valence-corrected chi connectivity index (χ4v) is 1.20. The van der Waals surface area contributed by atoms with Crippen molar-refractivity contribution in [2.45, 2.75) is 6.61 Å². The lowest BCUT2D eigenvalue weighted by Gasteiger charge is -2.04. The Kier molecular flexibility index (Phi) is 2.49. The smallest absolute Gasteiger partial charge is 0.373 e. The maximum atomic E-state index is 11.0. The summed E-state index contributed by atoms with van der Waals surface area (Å²) in [6.07, 6.45) is 1.64. The molecule has 1 heterocycles. The molecular weight excluding hydrogens is 180 g/mol. The first-order chi connectivity index (χ1) is 6.86. The van der Waals surface area contributed by atoms with Crippen molar-refractivity contribution in [1.82, 2.24) is 0 Å². The number of hydrogen-bond donors (Lipinski definition) is 0. The van der Waals surface area contributed by atoms with E-state index in [4.69, 9.17) is 9.47 Å². The molecule has 0 N–H and O–H groups in total. The van der Waals surface area contributed by atoms with Gasteiger partial charge in [-0.25, -0.2) is 4.79 Å². The van der Waals surface area contributed by atoms with Crippen LogP contribution in [-0.2, 0) is 20.9 Å². The molecule has 0 atom stereocenters. The Morgan fingerprint density at radius 2 is 2.07 bits per heavy atom. The van der Waals surface area contributed by atoms with Crippen LogP contribution >= 0.6 is 0 Å². The first-order valence-corrected chi connectivity index (χ1v) is 4.40.